The molecular formula is C18H18N2O4S. The highest BCUT2D eigenvalue weighted by atomic mass is 32.1. The van der Waals surface area contributed by atoms with Crippen molar-refractivity contribution >= 4 is 17.2 Å². The zero-order valence-corrected chi connectivity index (χ0v) is 14.9. The van der Waals surface area contributed by atoms with Crippen LogP contribution >= 0.6 is 11.3 Å². The van der Waals surface area contributed by atoms with Gasteiger partial charge in [-0.15, -0.1) is 11.3 Å². The van der Waals surface area contributed by atoms with Crippen molar-refractivity contribution < 1.29 is 18.8 Å². The maximum atomic E-state index is 12.5. The highest BCUT2D eigenvalue weighted by molar-refractivity contribution is 7.13. The molecule has 2 aromatic heterocycles. The van der Waals surface area contributed by atoms with Crippen LogP contribution in [0.1, 0.15) is 29.0 Å². The average molecular weight is 358 g/mol. The molecule has 0 saturated heterocycles. The van der Waals surface area contributed by atoms with Gasteiger partial charge in [-0.25, -0.2) is 0 Å². The van der Waals surface area contributed by atoms with Crippen molar-refractivity contribution in [3.8, 4) is 22.1 Å². The van der Waals surface area contributed by atoms with Crippen LogP contribution < -0.4 is 14.8 Å². The molecule has 1 N–H and O–H groups in total. The average Bonchev–Trinajstić information content (AvgIpc) is 3.32. The van der Waals surface area contributed by atoms with Crippen molar-refractivity contribution in [1.29, 1.82) is 0 Å². The van der Waals surface area contributed by atoms with E-state index in [1.165, 1.54) is 11.3 Å². The molecule has 1 unspecified atom stereocenters. The first-order valence-corrected chi connectivity index (χ1v) is 8.53. The molecular weight excluding hydrogens is 340 g/mol. The van der Waals surface area contributed by atoms with Crippen LogP contribution in [0.25, 0.3) is 10.6 Å². The normalized spacial score (nSPS) is 11.8. The quantitative estimate of drug-likeness (QED) is 0.723. The number of methoxy groups -OCH3 is 2. The maximum Gasteiger partial charge on any atom is 0.273 e. The van der Waals surface area contributed by atoms with Crippen molar-refractivity contribution in [2.75, 3.05) is 14.2 Å². The lowest BCUT2D eigenvalue weighted by molar-refractivity contribution is 0.0930. The third-order valence-electron chi connectivity index (χ3n) is 3.76. The molecule has 130 valence electrons. The summed E-state index contributed by atoms with van der Waals surface area (Å²) in [6, 6.07) is 10.6. The molecule has 0 bridgehead atoms. The van der Waals surface area contributed by atoms with Gasteiger partial charge >= 0.3 is 0 Å². The van der Waals surface area contributed by atoms with Crippen LogP contribution in [0, 0.1) is 0 Å². The number of carbonyl (C=O) groups excluding carboxylic acids is 1. The lowest BCUT2D eigenvalue weighted by Gasteiger charge is -2.17. The lowest BCUT2D eigenvalue weighted by atomic mass is 10.1. The summed E-state index contributed by atoms with van der Waals surface area (Å²) in [5.41, 5.74) is 1.05. The number of thiophene rings is 1. The lowest BCUT2D eigenvalue weighted by Crippen LogP contribution is -2.27. The first-order valence-electron chi connectivity index (χ1n) is 7.65. The second kappa shape index (κ2) is 7.40. The van der Waals surface area contributed by atoms with E-state index < -0.39 is 0 Å². The number of nitrogens with zero attached hydrogens (tertiary/aromatic N) is 1. The highest BCUT2D eigenvalue weighted by Crippen LogP contribution is 2.30. The number of hydrogen-bond donors (Lipinski definition) is 1. The van der Waals surface area contributed by atoms with Gasteiger partial charge in [-0.1, -0.05) is 11.2 Å². The fourth-order valence-electron chi connectivity index (χ4n) is 2.44. The maximum absolute atomic E-state index is 12.5. The Labute approximate surface area is 149 Å². The summed E-state index contributed by atoms with van der Waals surface area (Å²) in [5.74, 6) is 1.63. The van der Waals surface area contributed by atoms with E-state index in [1.54, 1.807) is 20.3 Å². The van der Waals surface area contributed by atoms with Crippen molar-refractivity contribution in [2.24, 2.45) is 0 Å². The molecule has 25 heavy (non-hydrogen) atoms. The van der Waals surface area contributed by atoms with Crippen LogP contribution in [0.3, 0.4) is 0 Å². The number of ether oxygens (including phenoxy) is 2. The van der Waals surface area contributed by atoms with Gasteiger partial charge in [0.15, 0.2) is 11.5 Å². The molecule has 0 saturated carbocycles. The number of carbonyl (C=O) groups is 1. The topological polar surface area (TPSA) is 73.6 Å². The molecule has 7 heteroatoms. The molecule has 3 rings (SSSR count). The molecule has 0 aliphatic rings. The molecule has 0 spiro atoms. The van der Waals surface area contributed by atoms with Crippen LogP contribution in [-0.2, 0) is 0 Å². The Morgan fingerprint density at radius 1 is 1.24 bits per heavy atom. The molecule has 1 amide bonds. The first kappa shape index (κ1) is 17.0. The Kier molecular flexibility index (Phi) is 5.04. The number of amides is 1. The fourth-order valence-corrected chi connectivity index (χ4v) is 3.12. The minimum atomic E-state index is -0.316. The van der Waals surface area contributed by atoms with Crippen molar-refractivity contribution in [3.05, 3.63) is 53.0 Å². The van der Waals surface area contributed by atoms with E-state index >= 15 is 0 Å². The van der Waals surface area contributed by atoms with E-state index in [4.69, 9.17) is 14.0 Å². The number of benzene rings is 1. The third-order valence-corrected chi connectivity index (χ3v) is 4.64. The number of nitrogens with one attached hydrogen (secondary N) is 1. The molecule has 2 heterocycles. The Balaban J connectivity index is 1.77. The summed E-state index contributed by atoms with van der Waals surface area (Å²) >= 11 is 1.52. The molecule has 1 atom stereocenters. The van der Waals surface area contributed by atoms with Gasteiger partial charge in [0.25, 0.3) is 5.91 Å². The summed E-state index contributed by atoms with van der Waals surface area (Å²) in [6.45, 7) is 1.87. The Hall–Kier alpha value is -2.80. The molecule has 0 aliphatic carbocycles. The second-order valence-corrected chi connectivity index (χ2v) is 6.30. The monoisotopic (exact) mass is 358 g/mol. The van der Waals surface area contributed by atoms with Gasteiger partial charge in [-0.2, -0.15) is 0 Å². The van der Waals surface area contributed by atoms with E-state index in [1.807, 2.05) is 42.6 Å². The van der Waals surface area contributed by atoms with Crippen LogP contribution in [0.15, 0.2) is 46.3 Å². The van der Waals surface area contributed by atoms with Gasteiger partial charge in [0, 0.05) is 11.6 Å². The van der Waals surface area contributed by atoms with E-state index in [9.17, 15) is 4.79 Å². The van der Waals surface area contributed by atoms with Gasteiger partial charge < -0.3 is 19.3 Å². The van der Waals surface area contributed by atoms with Gasteiger partial charge in [-0.3, -0.25) is 4.79 Å². The molecule has 6 nitrogen and oxygen atoms in total. The third kappa shape index (κ3) is 3.66. The Morgan fingerprint density at radius 2 is 2.08 bits per heavy atom. The van der Waals surface area contributed by atoms with E-state index in [0.29, 0.717) is 17.3 Å². The molecule has 3 aromatic rings. The van der Waals surface area contributed by atoms with Crippen LogP contribution in [0.4, 0.5) is 0 Å². The molecule has 0 fully saturated rings. The fraction of sp³-hybridized carbons (Fsp3) is 0.222. The first-order chi connectivity index (χ1) is 12.1. The summed E-state index contributed by atoms with van der Waals surface area (Å²) in [4.78, 5) is 13.4. The smallest absolute Gasteiger partial charge is 0.273 e. The minimum absolute atomic E-state index is 0.233. The molecule has 0 aliphatic heterocycles. The standard InChI is InChI=1S/C18H18N2O4S/c1-11(13-9-12(22-2)6-7-15(13)23-3)19-18(21)14-10-16(24-20-14)17-5-4-8-25-17/h4-11H,1-3H3,(H,19,21). The summed E-state index contributed by atoms with van der Waals surface area (Å²) < 4.78 is 15.9. The van der Waals surface area contributed by atoms with Crippen LogP contribution in [0.2, 0.25) is 0 Å². The molecule has 1 aromatic carbocycles. The SMILES string of the molecule is COc1ccc(OC)c(C(C)NC(=O)c2cc(-c3cccs3)on2)c1. The van der Waals surface area contributed by atoms with Crippen molar-refractivity contribution in [1.82, 2.24) is 10.5 Å². The Morgan fingerprint density at radius 3 is 2.76 bits per heavy atom. The summed E-state index contributed by atoms with van der Waals surface area (Å²) in [7, 11) is 3.18. The number of rotatable bonds is 6. The largest absolute Gasteiger partial charge is 0.497 e. The van der Waals surface area contributed by atoms with Crippen LogP contribution in [-0.4, -0.2) is 25.3 Å². The Bertz CT molecular complexity index is 858. The highest BCUT2D eigenvalue weighted by Gasteiger charge is 2.19. The number of hydrogen-bond acceptors (Lipinski definition) is 6. The predicted molar refractivity (Wildman–Crippen MR) is 95.2 cm³/mol. The van der Waals surface area contributed by atoms with Gasteiger partial charge in [-0.05, 0) is 36.6 Å². The van der Waals surface area contributed by atoms with E-state index in [-0.39, 0.29) is 17.6 Å². The second-order valence-electron chi connectivity index (χ2n) is 5.36. The molecule has 0 radical (unpaired) electrons. The van der Waals surface area contributed by atoms with E-state index in [0.717, 1.165) is 10.4 Å². The summed E-state index contributed by atoms with van der Waals surface area (Å²) in [5, 5.41) is 8.70. The van der Waals surface area contributed by atoms with Crippen molar-refractivity contribution in [3.63, 3.8) is 0 Å². The predicted octanol–water partition coefficient (Wildman–Crippen LogP) is 3.91. The van der Waals surface area contributed by atoms with Gasteiger partial charge in [0.05, 0.1) is 25.1 Å². The van der Waals surface area contributed by atoms with E-state index in [2.05, 4.69) is 10.5 Å². The summed E-state index contributed by atoms with van der Waals surface area (Å²) in [6.07, 6.45) is 0. The van der Waals surface area contributed by atoms with Gasteiger partial charge in [0.2, 0.25) is 0 Å². The van der Waals surface area contributed by atoms with Crippen LogP contribution in [0.5, 0.6) is 11.5 Å². The zero-order valence-electron chi connectivity index (χ0n) is 14.1. The zero-order chi connectivity index (χ0) is 17.8. The van der Waals surface area contributed by atoms with Crippen molar-refractivity contribution in [2.45, 2.75) is 13.0 Å². The minimum Gasteiger partial charge on any atom is -0.497 e. The van der Waals surface area contributed by atoms with Gasteiger partial charge in [0.1, 0.15) is 11.5 Å². The number of aromatic nitrogens is 1.